The minimum absolute atomic E-state index is 0.138. The van der Waals surface area contributed by atoms with Gasteiger partial charge in [-0.25, -0.2) is 0 Å². The maximum atomic E-state index is 11.5. The Morgan fingerprint density at radius 3 is 2.64 bits per heavy atom. The summed E-state index contributed by atoms with van der Waals surface area (Å²) in [5.41, 5.74) is 5.67. The quantitative estimate of drug-likeness (QED) is 0.704. The number of carbonyl (C=O) groups is 1. The largest absolute Gasteiger partial charge is 0.461 e. The molecule has 1 aliphatic carbocycles. The Kier molecular flexibility index (Phi) is 4.94. The van der Waals surface area contributed by atoms with E-state index in [1.807, 2.05) is 6.92 Å². The van der Waals surface area contributed by atoms with E-state index in [1.54, 1.807) is 0 Å². The van der Waals surface area contributed by atoms with Crippen LogP contribution >= 0.6 is 0 Å². The zero-order valence-corrected chi connectivity index (χ0v) is 9.00. The van der Waals surface area contributed by atoms with E-state index in [0.29, 0.717) is 0 Å². The number of esters is 1. The molecule has 0 radical (unpaired) electrons. The van der Waals surface area contributed by atoms with Crippen LogP contribution in [0, 0.1) is 0 Å². The Morgan fingerprint density at radius 1 is 1.43 bits per heavy atom. The fraction of sp³-hybridized carbons (Fsp3) is 0.909. The summed E-state index contributed by atoms with van der Waals surface area (Å²) >= 11 is 0. The first-order valence-corrected chi connectivity index (χ1v) is 5.70. The summed E-state index contributed by atoms with van der Waals surface area (Å²) in [6.07, 6.45) is 7.47. The third-order valence-corrected chi connectivity index (χ3v) is 2.74. The standard InChI is InChI=1S/C11H21NO2/c1-2-6-10(12)11(13)14-9-7-4-3-5-8-9/h9-10H,2-8,12H2,1H3/t10-/m0/s1. The second kappa shape index (κ2) is 6.02. The molecule has 14 heavy (non-hydrogen) atoms. The highest BCUT2D eigenvalue weighted by atomic mass is 16.5. The van der Waals surface area contributed by atoms with Crippen LogP contribution in [0.15, 0.2) is 0 Å². The van der Waals surface area contributed by atoms with Gasteiger partial charge in [0.15, 0.2) is 0 Å². The summed E-state index contributed by atoms with van der Waals surface area (Å²) in [6.45, 7) is 2.02. The van der Waals surface area contributed by atoms with Crippen molar-refractivity contribution in [2.45, 2.75) is 64.0 Å². The van der Waals surface area contributed by atoms with E-state index in [9.17, 15) is 4.79 Å². The van der Waals surface area contributed by atoms with E-state index in [1.165, 1.54) is 19.3 Å². The first kappa shape index (κ1) is 11.5. The van der Waals surface area contributed by atoms with Crippen molar-refractivity contribution < 1.29 is 9.53 Å². The molecule has 82 valence electrons. The Hall–Kier alpha value is -0.570. The summed E-state index contributed by atoms with van der Waals surface area (Å²) in [6, 6.07) is -0.415. The average molecular weight is 199 g/mol. The predicted octanol–water partition coefficient (Wildman–Crippen LogP) is 1.99. The number of carbonyl (C=O) groups excluding carboxylic acids is 1. The van der Waals surface area contributed by atoms with Crippen LogP contribution in [-0.2, 0) is 9.53 Å². The Balaban J connectivity index is 2.24. The van der Waals surface area contributed by atoms with Crippen molar-refractivity contribution in [2.75, 3.05) is 0 Å². The van der Waals surface area contributed by atoms with Crippen molar-refractivity contribution in [3.05, 3.63) is 0 Å². The molecule has 0 aliphatic heterocycles. The molecule has 1 aliphatic rings. The third kappa shape index (κ3) is 3.66. The highest BCUT2D eigenvalue weighted by Gasteiger charge is 2.21. The van der Waals surface area contributed by atoms with Crippen LogP contribution in [0.2, 0.25) is 0 Å². The molecule has 0 amide bonds. The third-order valence-electron chi connectivity index (χ3n) is 2.74. The molecule has 1 rings (SSSR count). The molecule has 3 nitrogen and oxygen atoms in total. The molecule has 1 fully saturated rings. The van der Waals surface area contributed by atoms with Crippen LogP contribution in [0.4, 0.5) is 0 Å². The molecule has 1 saturated carbocycles. The molecule has 0 unspecified atom stereocenters. The lowest BCUT2D eigenvalue weighted by Gasteiger charge is -2.23. The Morgan fingerprint density at radius 2 is 2.07 bits per heavy atom. The first-order chi connectivity index (χ1) is 6.74. The molecule has 2 N–H and O–H groups in total. The number of rotatable bonds is 4. The van der Waals surface area contributed by atoms with Gasteiger partial charge in [0.25, 0.3) is 0 Å². The van der Waals surface area contributed by atoms with Crippen LogP contribution < -0.4 is 5.73 Å². The SMILES string of the molecule is CCC[C@H](N)C(=O)OC1CCCCC1. The maximum absolute atomic E-state index is 11.5. The summed E-state index contributed by atoms with van der Waals surface area (Å²) in [5.74, 6) is -0.209. The second-order valence-electron chi connectivity index (χ2n) is 4.09. The Bertz CT molecular complexity index is 176. The van der Waals surface area contributed by atoms with Gasteiger partial charge in [-0.2, -0.15) is 0 Å². The van der Waals surface area contributed by atoms with Crippen LogP contribution in [0.5, 0.6) is 0 Å². The Labute approximate surface area is 86.0 Å². The summed E-state index contributed by atoms with van der Waals surface area (Å²) in [4.78, 5) is 11.5. The molecular weight excluding hydrogens is 178 g/mol. The van der Waals surface area contributed by atoms with Gasteiger partial charge < -0.3 is 10.5 Å². The summed E-state index contributed by atoms with van der Waals surface area (Å²) < 4.78 is 5.34. The van der Waals surface area contributed by atoms with Gasteiger partial charge in [0.05, 0.1) is 0 Å². The van der Waals surface area contributed by atoms with Crippen LogP contribution in [0.3, 0.4) is 0 Å². The van der Waals surface area contributed by atoms with E-state index in [2.05, 4.69) is 0 Å². The predicted molar refractivity (Wildman–Crippen MR) is 55.8 cm³/mol. The van der Waals surface area contributed by atoms with Crippen LogP contribution in [-0.4, -0.2) is 18.1 Å². The highest BCUT2D eigenvalue weighted by molar-refractivity contribution is 5.75. The molecule has 0 bridgehead atoms. The van der Waals surface area contributed by atoms with Gasteiger partial charge >= 0.3 is 5.97 Å². The topological polar surface area (TPSA) is 52.3 Å². The summed E-state index contributed by atoms with van der Waals surface area (Å²) in [5, 5.41) is 0. The molecule has 0 saturated heterocycles. The molecule has 0 aromatic heterocycles. The van der Waals surface area contributed by atoms with Gasteiger partial charge in [-0.3, -0.25) is 4.79 Å². The van der Waals surface area contributed by atoms with E-state index < -0.39 is 6.04 Å². The fourth-order valence-corrected chi connectivity index (χ4v) is 1.86. The van der Waals surface area contributed by atoms with Crippen molar-refractivity contribution >= 4 is 5.97 Å². The zero-order valence-electron chi connectivity index (χ0n) is 9.00. The van der Waals surface area contributed by atoms with E-state index >= 15 is 0 Å². The second-order valence-corrected chi connectivity index (χ2v) is 4.09. The molecule has 3 heteroatoms. The van der Waals surface area contributed by atoms with Crippen molar-refractivity contribution in [3.63, 3.8) is 0 Å². The van der Waals surface area contributed by atoms with Crippen LogP contribution in [0.1, 0.15) is 51.9 Å². The minimum atomic E-state index is -0.415. The number of hydrogen-bond donors (Lipinski definition) is 1. The van der Waals surface area contributed by atoms with Gasteiger partial charge in [-0.1, -0.05) is 19.8 Å². The fourth-order valence-electron chi connectivity index (χ4n) is 1.86. The monoisotopic (exact) mass is 199 g/mol. The molecule has 0 spiro atoms. The smallest absolute Gasteiger partial charge is 0.323 e. The lowest BCUT2D eigenvalue weighted by atomic mass is 9.98. The molecular formula is C11H21NO2. The molecule has 1 atom stereocenters. The highest BCUT2D eigenvalue weighted by Crippen LogP contribution is 2.20. The minimum Gasteiger partial charge on any atom is -0.461 e. The van der Waals surface area contributed by atoms with Gasteiger partial charge in [0.2, 0.25) is 0 Å². The van der Waals surface area contributed by atoms with E-state index in [0.717, 1.165) is 25.7 Å². The van der Waals surface area contributed by atoms with Crippen molar-refractivity contribution in [3.8, 4) is 0 Å². The number of ether oxygens (including phenoxy) is 1. The van der Waals surface area contributed by atoms with Crippen molar-refractivity contribution in [1.82, 2.24) is 0 Å². The lowest BCUT2D eigenvalue weighted by Crippen LogP contribution is -2.35. The van der Waals surface area contributed by atoms with Crippen LogP contribution in [0.25, 0.3) is 0 Å². The molecule has 0 aromatic carbocycles. The van der Waals surface area contributed by atoms with Gasteiger partial charge in [-0.05, 0) is 32.1 Å². The average Bonchev–Trinajstić information content (AvgIpc) is 2.19. The number of nitrogens with two attached hydrogens (primary N) is 1. The van der Waals surface area contributed by atoms with Crippen molar-refractivity contribution in [1.29, 1.82) is 0 Å². The van der Waals surface area contributed by atoms with Gasteiger partial charge in [0, 0.05) is 0 Å². The van der Waals surface area contributed by atoms with Crippen molar-refractivity contribution in [2.24, 2.45) is 5.73 Å². The molecule has 0 aromatic rings. The van der Waals surface area contributed by atoms with E-state index in [-0.39, 0.29) is 12.1 Å². The zero-order chi connectivity index (χ0) is 10.4. The molecule has 0 heterocycles. The normalized spacial score (nSPS) is 20.4. The first-order valence-electron chi connectivity index (χ1n) is 5.70. The van der Waals surface area contributed by atoms with Gasteiger partial charge in [-0.15, -0.1) is 0 Å². The summed E-state index contributed by atoms with van der Waals surface area (Å²) in [7, 11) is 0. The van der Waals surface area contributed by atoms with Gasteiger partial charge in [0.1, 0.15) is 12.1 Å². The van der Waals surface area contributed by atoms with E-state index in [4.69, 9.17) is 10.5 Å². The number of hydrogen-bond acceptors (Lipinski definition) is 3. The maximum Gasteiger partial charge on any atom is 0.323 e. The lowest BCUT2D eigenvalue weighted by molar-refractivity contribution is -0.152.